The van der Waals surface area contributed by atoms with Crippen molar-refractivity contribution in [3.05, 3.63) is 58.9 Å². The molecule has 0 spiro atoms. The standard InChI is InChI=1S/C17H14FN3OS2/c1-9-7-8-10(2)14-13(9)19-17(24-14)21-16(23)20-15(22)11-5-3-4-6-12(11)18/h3-8H,1-2H3,(H2,19,20,21,22,23). The Kier molecular flexibility index (Phi) is 4.55. The second kappa shape index (κ2) is 6.62. The van der Waals surface area contributed by atoms with Gasteiger partial charge in [0.1, 0.15) is 5.82 Å². The fourth-order valence-electron chi connectivity index (χ4n) is 2.26. The number of anilines is 1. The van der Waals surface area contributed by atoms with Crippen LogP contribution >= 0.6 is 23.6 Å². The maximum atomic E-state index is 13.6. The molecule has 3 aromatic rings. The van der Waals surface area contributed by atoms with Crippen LogP contribution in [0.5, 0.6) is 0 Å². The molecule has 1 aromatic heterocycles. The van der Waals surface area contributed by atoms with Crippen LogP contribution in [0.15, 0.2) is 36.4 Å². The smallest absolute Gasteiger partial charge is 0.260 e. The van der Waals surface area contributed by atoms with Crippen LogP contribution in [-0.2, 0) is 0 Å². The van der Waals surface area contributed by atoms with E-state index in [4.69, 9.17) is 12.2 Å². The van der Waals surface area contributed by atoms with Crippen molar-refractivity contribution in [2.45, 2.75) is 13.8 Å². The molecule has 24 heavy (non-hydrogen) atoms. The maximum absolute atomic E-state index is 13.6. The largest absolute Gasteiger partial charge is 0.308 e. The molecule has 3 rings (SSSR count). The number of nitrogens with zero attached hydrogens (tertiary/aromatic N) is 1. The first-order chi connectivity index (χ1) is 11.5. The number of aryl methyl sites for hydroxylation is 2. The Morgan fingerprint density at radius 3 is 2.58 bits per heavy atom. The SMILES string of the molecule is Cc1ccc(C)c2sc(NC(=S)NC(=O)c3ccccc3F)nc12. The number of amides is 1. The summed E-state index contributed by atoms with van der Waals surface area (Å²) >= 11 is 6.58. The number of halogens is 1. The zero-order chi connectivity index (χ0) is 17.3. The van der Waals surface area contributed by atoms with E-state index in [1.165, 1.54) is 29.5 Å². The summed E-state index contributed by atoms with van der Waals surface area (Å²) in [6.45, 7) is 4.01. The van der Waals surface area contributed by atoms with Gasteiger partial charge in [0, 0.05) is 0 Å². The summed E-state index contributed by atoms with van der Waals surface area (Å²) < 4.78 is 14.7. The molecule has 0 aliphatic carbocycles. The molecule has 0 atom stereocenters. The summed E-state index contributed by atoms with van der Waals surface area (Å²) in [4.78, 5) is 16.6. The molecule has 4 nitrogen and oxygen atoms in total. The normalized spacial score (nSPS) is 10.6. The molecule has 2 N–H and O–H groups in total. The molecular weight excluding hydrogens is 345 g/mol. The molecular formula is C17H14FN3OS2. The number of hydrogen-bond acceptors (Lipinski definition) is 4. The van der Waals surface area contributed by atoms with Crippen LogP contribution in [0.25, 0.3) is 10.2 Å². The van der Waals surface area contributed by atoms with Gasteiger partial charge < -0.3 is 5.32 Å². The molecule has 2 aromatic carbocycles. The van der Waals surface area contributed by atoms with Gasteiger partial charge in [0.05, 0.1) is 15.8 Å². The van der Waals surface area contributed by atoms with Crippen molar-refractivity contribution in [3.63, 3.8) is 0 Å². The second-order valence-corrected chi connectivity index (χ2v) is 6.69. The first-order valence-electron chi connectivity index (χ1n) is 7.19. The highest BCUT2D eigenvalue weighted by Gasteiger charge is 2.14. The van der Waals surface area contributed by atoms with Crippen molar-refractivity contribution in [1.29, 1.82) is 0 Å². The summed E-state index contributed by atoms with van der Waals surface area (Å²) in [7, 11) is 0. The van der Waals surface area contributed by atoms with Crippen LogP contribution in [0.4, 0.5) is 9.52 Å². The van der Waals surface area contributed by atoms with Crippen molar-refractivity contribution < 1.29 is 9.18 Å². The molecule has 0 aliphatic rings. The van der Waals surface area contributed by atoms with Gasteiger partial charge in [-0.1, -0.05) is 35.6 Å². The predicted molar refractivity (Wildman–Crippen MR) is 99.2 cm³/mol. The van der Waals surface area contributed by atoms with Crippen molar-refractivity contribution in [3.8, 4) is 0 Å². The average molecular weight is 359 g/mol. The first kappa shape index (κ1) is 16.5. The van der Waals surface area contributed by atoms with E-state index in [1.54, 1.807) is 6.07 Å². The minimum absolute atomic E-state index is 0.0577. The van der Waals surface area contributed by atoms with Gasteiger partial charge in [0.2, 0.25) is 0 Å². The highest BCUT2D eigenvalue weighted by molar-refractivity contribution is 7.80. The summed E-state index contributed by atoms with van der Waals surface area (Å²) in [5, 5.41) is 6.02. The molecule has 7 heteroatoms. The minimum Gasteiger partial charge on any atom is -0.308 e. The number of fused-ring (bicyclic) bond motifs is 1. The van der Waals surface area contributed by atoms with Crippen molar-refractivity contribution in [1.82, 2.24) is 10.3 Å². The monoisotopic (exact) mass is 359 g/mol. The number of aromatic nitrogens is 1. The van der Waals surface area contributed by atoms with Crippen LogP contribution in [0.1, 0.15) is 21.5 Å². The van der Waals surface area contributed by atoms with E-state index in [-0.39, 0.29) is 10.7 Å². The van der Waals surface area contributed by atoms with E-state index in [0.29, 0.717) is 5.13 Å². The van der Waals surface area contributed by atoms with E-state index < -0.39 is 11.7 Å². The van der Waals surface area contributed by atoms with Gasteiger partial charge in [0.15, 0.2) is 10.2 Å². The zero-order valence-corrected chi connectivity index (χ0v) is 14.6. The van der Waals surface area contributed by atoms with Gasteiger partial charge in [-0.15, -0.1) is 0 Å². The topological polar surface area (TPSA) is 54.0 Å². The van der Waals surface area contributed by atoms with E-state index >= 15 is 0 Å². The van der Waals surface area contributed by atoms with Gasteiger partial charge in [-0.3, -0.25) is 10.1 Å². The number of carbonyl (C=O) groups is 1. The summed E-state index contributed by atoms with van der Waals surface area (Å²) in [6.07, 6.45) is 0. The Morgan fingerprint density at radius 2 is 1.88 bits per heavy atom. The van der Waals surface area contributed by atoms with Crippen LogP contribution in [0, 0.1) is 19.7 Å². The molecule has 0 saturated heterocycles. The van der Waals surface area contributed by atoms with Crippen LogP contribution in [-0.4, -0.2) is 16.0 Å². The average Bonchev–Trinajstić information content (AvgIpc) is 2.96. The number of thiocarbonyl (C=S) groups is 1. The Morgan fingerprint density at radius 1 is 1.17 bits per heavy atom. The zero-order valence-electron chi connectivity index (χ0n) is 13.0. The number of benzene rings is 2. The van der Waals surface area contributed by atoms with Gasteiger partial charge in [-0.2, -0.15) is 0 Å². The first-order valence-corrected chi connectivity index (χ1v) is 8.42. The third-order valence-corrected chi connectivity index (χ3v) is 4.82. The fourth-order valence-corrected chi connectivity index (χ4v) is 3.53. The third kappa shape index (κ3) is 3.27. The van der Waals surface area contributed by atoms with E-state index in [0.717, 1.165) is 21.3 Å². The summed E-state index contributed by atoms with van der Waals surface area (Å²) in [5.74, 6) is -1.19. The molecule has 0 radical (unpaired) electrons. The number of nitrogens with one attached hydrogen (secondary N) is 2. The van der Waals surface area contributed by atoms with Crippen molar-refractivity contribution >= 4 is 49.9 Å². The fraction of sp³-hybridized carbons (Fsp3) is 0.118. The van der Waals surface area contributed by atoms with Crippen molar-refractivity contribution in [2.24, 2.45) is 0 Å². The van der Waals surface area contributed by atoms with Gasteiger partial charge >= 0.3 is 0 Å². The minimum atomic E-state index is -0.598. The van der Waals surface area contributed by atoms with Crippen LogP contribution in [0.3, 0.4) is 0 Å². The predicted octanol–water partition coefficient (Wildman–Crippen LogP) is 4.18. The molecule has 0 unspecified atom stereocenters. The lowest BCUT2D eigenvalue weighted by Gasteiger charge is -2.07. The molecule has 0 fully saturated rings. The van der Waals surface area contributed by atoms with Gasteiger partial charge in [-0.05, 0) is 49.3 Å². The Labute approximate surface area is 147 Å². The summed E-state index contributed by atoms with van der Waals surface area (Å²) in [5.41, 5.74) is 3.05. The third-order valence-electron chi connectivity index (χ3n) is 3.51. The van der Waals surface area contributed by atoms with Crippen LogP contribution in [0.2, 0.25) is 0 Å². The van der Waals surface area contributed by atoms with E-state index in [2.05, 4.69) is 15.6 Å². The summed E-state index contributed by atoms with van der Waals surface area (Å²) in [6, 6.07) is 9.79. The highest BCUT2D eigenvalue weighted by Crippen LogP contribution is 2.30. The van der Waals surface area contributed by atoms with Gasteiger partial charge in [0.25, 0.3) is 5.91 Å². The number of carbonyl (C=O) groups excluding carboxylic acids is 1. The lowest BCUT2D eigenvalue weighted by molar-refractivity contribution is 0.0974. The number of hydrogen-bond donors (Lipinski definition) is 2. The molecule has 0 bridgehead atoms. The number of thiazole rings is 1. The Bertz CT molecular complexity index is 913. The highest BCUT2D eigenvalue weighted by atomic mass is 32.1. The molecule has 122 valence electrons. The molecule has 1 heterocycles. The molecule has 0 aliphatic heterocycles. The Hall–Kier alpha value is -2.38. The van der Waals surface area contributed by atoms with Crippen LogP contribution < -0.4 is 10.6 Å². The van der Waals surface area contributed by atoms with Gasteiger partial charge in [-0.25, -0.2) is 9.37 Å². The second-order valence-electron chi connectivity index (χ2n) is 5.28. The number of rotatable bonds is 2. The maximum Gasteiger partial charge on any atom is 0.260 e. The van der Waals surface area contributed by atoms with Crippen molar-refractivity contribution in [2.75, 3.05) is 5.32 Å². The van der Waals surface area contributed by atoms with E-state index in [1.807, 2.05) is 26.0 Å². The van der Waals surface area contributed by atoms with E-state index in [9.17, 15) is 9.18 Å². The lowest BCUT2D eigenvalue weighted by atomic mass is 10.1. The quantitative estimate of drug-likeness (QED) is 0.674. The Balaban J connectivity index is 1.76. The molecule has 1 amide bonds. The molecule has 0 saturated carbocycles. The lowest BCUT2D eigenvalue weighted by Crippen LogP contribution is -2.34.